The predicted octanol–water partition coefficient (Wildman–Crippen LogP) is 4.16. The molecule has 28 heavy (non-hydrogen) atoms. The molecule has 1 saturated carbocycles. The summed E-state index contributed by atoms with van der Waals surface area (Å²) in [7, 11) is 5.91. The molecular formula is C21H40IN5O. The number of aryl methyl sites for hydroxylation is 1. The molecule has 1 aromatic rings. The third kappa shape index (κ3) is 6.90. The standard InChI is InChI=1S/C21H39N5O.HI/c1-7-22-20(23-16-21(12-13-27-6)10-8-9-11-21)25(4)14-18-15-26(5)24-19(18)17(2)3;/h15,17H,7-14,16H2,1-6H3,(H,22,23);1H. The fraction of sp³-hybridized carbons (Fsp3) is 0.810. The SMILES string of the molecule is CCNC(=NCC1(CCOC)CCCC1)N(C)Cc1cn(C)nc1C(C)C.I. The summed E-state index contributed by atoms with van der Waals surface area (Å²) in [6.07, 6.45) is 8.41. The van der Waals surface area contributed by atoms with Crippen LogP contribution in [0.3, 0.4) is 0 Å². The first-order valence-corrected chi connectivity index (χ1v) is 10.4. The van der Waals surface area contributed by atoms with Crippen LogP contribution in [0.1, 0.15) is 70.1 Å². The third-order valence-corrected chi connectivity index (χ3v) is 5.65. The van der Waals surface area contributed by atoms with E-state index in [1.807, 2.05) is 11.7 Å². The molecule has 0 spiro atoms. The lowest BCUT2D eigenvalue weighted by Crippen LogP contribution is -2.39. The Hall–Kier alpha value is -0.830. The van der Waals surface area contributed by atoms with Gasteiger partial charge in [0, 0.05) is 59.2 Å². The van der Waals surface area contributed by atoms with Crippen molar-refractivity contribution in [3.05, 3.63) is 17.5 Å². The van der Waals surface area contributed by atoms with Crippen molar-refractivity contribution in [1.29, 1.82) is 0 Å². The summed E-state index contributed by atoms with van der Waals surface area (Å²) in [5, 5.41) is 8.11. The first kappa shape index (κ1) is 25.2. The molecule has 1 heterocycles. The Bertz CT molecular complexity index is 608. The number of halogens is 1. The molecule has 1 fully saturated rings. The van der Waals surface area contributed by atoms with Crippen LogP contribution in [0.4, 0.5) is 0 Å². The van der Waals surface area contributed by atoms with Gasteiger partial charge in [0.2, 0.25) is 0 Å². The number of guanidine groups is 1. The van der Waals surface area contributed by atoms with Gasteiger partial charge in [0.05, 0.1) is 5.69 Å². The van der Waals surface area contributed by atoms with E-state index in [-0.39, 0.29) is 24.0 Å². The first-order valence-electron chi connectivity index (χ1n) is 10.4. The number of rotatable bonds is 9. The van der Waals surface area contributed by atoms with Crippen molar-refractivity contribution >= 4 is 29.9 Å². The van der Waals surface area contributed by atoms with Gasteiger partial charge in [-0.2, -0.15) is 5.10 Å². The van der Waals surface area contributed by atoms with E-state index in [4.69, 9.17) is 9.73 Å². The first-order chi connectivity index (χ1) is 12.9. The second-order valence-corrected chi connectivity index (χ2v) is 8.34. The molecular weight excluding hydrogens is 465 g/mol. The van der Waals surface area contributed by atoms with Crippen molar-refractivity contribution in [1.82, 2.24) is 20.0 Å². The molecule has 1 aliphatic rings. The van der Waals surface area contributed by atoms with Gasteiger partial charge in [0.15, 0.2) is 5.96 Å². The Morgan fingerprint density at radius 2 is 2.07 bits per heavy atom. The summed E-state index contributed by atoms with van der Waals surface area (Å²) in [4.78, 5) is 7.27. The zero-order chi connectivity index (χ0) is 19.9. The minimum Gasteiger partial charge on any atom is -0.385 e. The number of aliphatic imine (C=N–C) groups is 1. The van der Waals surface area contributed by atoms with Gasteiger partial charge in [-0.3, -0.25) is 9.67 Å². The van der Waals surface area contributed by atoms with Gasteiger partial charge in [0.25, 0.3) is 0 Å². The van der Waals surface area contributed by atoms with E-state index in [0.29, 0.717) is 11.3 Å². The summed E-state index contributed by atoms with van der Waals surface area (Å²) in [6, 6.07) is 0. The van der Waals surface area contributed by atoms with E-state index >= 15 is 0 Å². The highest BCUT2D eigenvalue weighted by Crippen LogP contribution is 2.41. The average Bonchev–Trinajstić information content (AvgIpc) is 3.24. The smallest absolute Gasteiger partial charge is 0.193 e. The monoisotopic (exact) mass is 505 g/mol. The largest absolute Gasteiger partial charge is 0.385 e. The van der Waals surface area contributed by atoms with E-state index in [9.17, 15) is 0 Å². The fourth-order valence-electron chi connectivity index (χ4n) is 4.14. The Morgan fingerprint density at radius 1 is 1.39 bits per heavy atom. The Morgan fingerprint density at radius 3 is 2.64 bits per heavy atom. The van der Waals surface area contributed by atoms with Crippen molar-refractivity contribution in [3.63, 3.8) is 0 Å². The lowest BCUT2D eigenvalue weighted by molar-refractivity contribution is 0.141. The summed E-state index contributed by atoms with van der Waals surface area (Å²) in [5.74, 6) is 1.41. The number of ether oxygens (including phenoxy) is 1. The van der Waals surface area contributed by atoms with Crippen LogP contribution in [-0.4, -0.2) is 54.5 Å². The van der Waals surface area contributed by atoms with Crippen LogP contribution in [0.25, 0.3) is 0 Å². The molecule has 1 N–H and O–H groups in total. The van der Waals surface area contributed by atoms with Gasteiger partial charge >= 0.3 is 0 Å². The normalized spacial score (nSPS) is 16.3. The number of nitrogens with one attached hydrogen (secondary N) is 1. The molecule has 0 aliphatic heterocycles. The number of methoxy groups -OCH3 is 1. The molecule has 1 aliphatic carbocycles. The van der Waals surface area contributed by atoms with Crippen LogP contribution in [0.5, 0.6) is 0 Å². The summed E-state index contributed by atoms with van der Waals surface area (Å²) in [5.41, 5.74) is 2.76. The van der Waals surface area contributed by atoms with Gasteiger partial charge < -0.3 is 15.0 Å². The Kier molecular flexibility index (Phi) is 10.8. The number of hydrogen-bond acceptors (Lipinski definition) is 3. The van der Waals surface area contributed by atoms with Crippen molar-refractivity contribution < 1.29 is 4.74 Å². The molecule has 7 heteroatoms. The van der Waals surface area contributed by atoms with Crippen molar-refractivity contribution in [2.24, 2.45) is 17.5 Å². The van der Waals surface area contributed by atoms with E-state index in [1.54, 1.807) is 7.11 Å². The summed E-state index contributed by atoms with van der Waals surface area (Å²) >= 11 is 0. The molecule has 0 atom stereocenters. The highest BCUT2D eigenvalue weighted by molar-refractivity contribution is 14.0. The van der Waals surface area contributed by atoms with Crippen molar-refractivity contribution in [2.75, 3.05) is 33.9 Å². The van der Waals surface area contributed by atoms with Crippen LogP contribution in [0.2, 0.25) is 0 Å². The van der Waals surface area contributed by atoms with Gasteiger partial charge in [-0.25, -0.2) is 0 Å². The number of hydrogen-bond donors (Lipinski definition) is 1. The molecule has 6 nitrogen and oxygen atoms in total. The molecule has 162 valence electrons. The lowest BCUT2D eigenvalue weighted by atomic mass is 9.83. The minimum absolute atomic E-state index is 0. The zero-order valence-corrected chi connectivity index (χ0v) is 21.0. The lowest BCUT2D eigenvalue weighted by Gasteiger charge is -2.29. The van der Waals surface area contributed by atoms with E-state index in [0.717, 1.165) is 38.6 Å². The van der Waals surface area contributed by atoms with Crippen LogP contribution in [0, 0.1) is 5.41 Å². The van der Waals surface area contributed by atoms with Gasteiger partial charge in [-0.05, 0) is 37.5 Å². The second-order valence-electron chi connectivity index (χ2n) is 8.34. The maximum atomic E-state index is 5.36. The van der Waals surface area contributed by atoms with E-state index in [1.165, 1.54) is 36.9 Å². The molecule has 2 rings (SSSR count). The predicted molar refractivity (Wildman–Crippen MR) is 128 cm³/mol. The quantitative estimate of drug-likeness (QED) is 0.311. The van der Waals surface area contributed by atoms with Gasteiger partial charge in [-0.1, -0.05) is 26.7 Å². The molecule has 0 amide bonds. The highest BCUT2D eigenvalue weighted by Gasteiger charge is 2.33. The summed E-state index contributed by atoms with van der Waals surface area (Å²) in [6.45, 7) is 9.93. The zero-order valence-electron chi connectivity index (χ0n) is 18.6. The highest BCUT2D eigenvalue weighted by atomic mass is 127. The second kappa shape index (κ2) is 12.0. The molecule has 0 bridgehead atoms. The number of nitrogens with zero attached hydrogens (tertiary/aromatic N) is 4. The third-order valence-electron chi connectivity index (χ3n) is 5.65. The maximum absolute atomic E-state index is 5.36. The van der Waals surface area contributed by atoms with Crippen LogP contribution in [-0.2, 0) is 18.3 Å². The average molecular weight is 505 g/mol. The van der Waals surface area contributed by atoms with E-state index < -0.39 is 0 Å². The Labute approximate surface area is 188 Å². The van der Waals surface area contributed by atoms with Crippen molar-refractivity contribution in [3.8, 4) is 0 Å². The molecule has 1 aromatic heterocycles. The van der Waals surface area contributed by atoms with Crippen LogP contribution >= 0.6 is 24.0 Å². The fourth-order valence-corrected chi connectivity index (χ4v) is 4.14. The summed E-state index contributed by atoms with van der Waals surface area (Å²) < 4.78 is 7.28. The van der Waals surface area contributed by atoms with Crippen LogP contribution < -0.4 is 5.32 Å². The topological polar surface area (TPSA) is 54.7 Å². The molecule has 0 radical (unpaired) electrons. The molecule has 0 unspecified atom stereocenters. The van der Waals surface area contributed by atoms with Gasteiger partial charge in [-0.15, -0.1) is 24.0 Å². The van der Waals surface area contributed by atoms with Gasteiger partial charge in [0.1, 0.15) is 0 Å². The maximum Gasteiger partial charge on any atom is 0.193 e. The molecule has 0 aromatic carbocycles. The molecule has 0 saturated heterocycles. The number of aromatic nitrogens is 2. The van der Waals surface area contributed by atoms with E-state index in [2.05, 4.69) is 49.3 Å². The van der Waals surface area contributed by atoms with Crippen LogP contribution in [0.15, 0.2) is 11.2 Å². The Balaban J connectivity index is 0.00000392. The van der Waals surface area contributed by atoms with Crippen molar-refractivity contribution in [2.45, 2.75) is 65.3 Å². The minimum atomic E-state index is 0.